The Morgan fingerprint density at radius 3 is 2.38 bits per heavy atom. The maximum atomic E-state index is 9.31. The summed E-state index contributed by atoms with van der Waals surface area (Å²) < 4.78 is 5.31. The summed E-state index contributed by atoms with van der Waals surface area (Å²) in [5.41, 5.74) is 2.88. The van der Waals surface area contributed by atoms with Gasteiger partial charge in [-0.1, -0.05) is 47.5 Å². The third-order valence-electron chi connectivity index (χ3n) is 3.21. The second-order valence-electron chi connectivity index (χ2n) is 4.61. The highest BCUT2D eigenvalue weighted by atomic mass is 35.5. The van der Waals surface area contributed by atoms with E-state index in [0.29, 0.717) is 28.9 Å². The summed E-state index contributed by atoms with van der Waals surface area (Å²) in [7, 11) is 1.58. The molecule has 0 spiro atoms. The second kappa shape index (κ2) is 7.66. The fourth-order valence-electron chi connectivity index (χ4n) is 2.19. The third-order valence-corrected chi connectivity index (χ3v) is 3.71. The maximum absolute atomic E-state index is 9.31. The first-order chi connectivity index (χ1) is 10.2. The van der Waals surface area contributed by atoms with E-state index >= 15 is 0 Å². The normalized spacial score (nSPS) is 10.7. The van der Waals surface area contributed by atoms with Crippen molar-refractivity contribution >= 4 is 23.2 Å². The number of benzene rings is 2. The van der Waals surface area contributed by atoms with Crippen molar-refractivity contribution in [2.24, 2.45) is 0 Å². The minimum absolute atomic E-state index is 0.0319. The lowest BCUT2D eigenvalue weighted by molar-refractivity contribution is 0.280. The Balaban J connectivity index is 2.07. The number of rotatable bonds is 6. The zero-order valence-electron chi connectivity index (χ0n) is 11.7. The molecule has 0 aliphatic rings. The van der Waals surface area contributed by atoms with Gasteiger partial charge >= 0.3 is 0 Å². The van der Waals surface area contributed by atoms with Gasteiger partial charge in [0.1, 0.15) is 5.75 Å². The van der Waals surface area contributed by atoms with Crippen molar-refractivity contribution in [2.45, 2.75) is 19.7 Å². The number of aliphatic hydroxyl groups is 1. The van der Waals surface area contributed by atoms with E-state index in [2.05, 4.69) is 5.32 Å². The molecule has 5 heteroatoms. The van der Waals surface area contributed by atoms with Gasteiger partial charge in [-0.3, -0.25) is 0 Å². The number of hydrogen-bond acceptors (Lipinski definition) is 3. The van der Waals surface area contributed by atoms with Crippen molar-refractivity contribution in [3.05, 3.63) is 63.1 Å². The van der Waals surface area contributed by atoms with Gasteiger partial charge in [0.05, 0.1) is 18.7 Å². The molecule has 0 saturated heterocycles. The molecule has 2 aromatic carbocycles. The lowest BCUT2D eigenvalue weighted by atomic mass is 10.1. The highest BCUT2D eigenvalue weighted by Crippen LogP contribution is 2.32. The molecule has 3 nitrogen and oxygen atoms in total. The maximum Gasteiger partial charge on any atom is 0.142 e. The molecule has 2 rings (SSSR count). The van der Waals surface area contributed by atoms with Gasteiger partial charge in [0.2, 0.25) is 0 Å². The average Bonchev–Trinajstić information content (AvgIpc) is 2.47. The standard InChI is InChI=1S/C16H17Cl2NO2/c1-21-16-13(6-14(17)7-15(16)18)9-19-8-11-4-2-3-5-12(11)10-20/h2-7,19-20H,8-10H2,1H3. The molecule has 0 aliphatic carbocycles. The minimum atomic E-state index is 0.0319. The monoisotopic (exact) mass is 325 g/mol. The fraction of sp³-hybridized carbons (Fsp3) is 0.250. The molecule has 0 atom stereocenters. The van der Waals surface area contributed by atoms with Crippen LogP contribution < -0.4 is 10.1 Å². The molecule has 21 heavy (non-hydrogen) atoms. The minimum Gasteiger partial charge on any atom is -0.495 e. The van der Waals surface area contributed by atoms with Crippen LogP contribution in [0.15, 0.2) is 36.4 Å². The first-order valence-electron chi connectivity index (χ1n) is 6.56. The smallest absolute Gasteiger partial charge is 0.142 e. The van der Waals surface area contributed by atoms with Gasteiger partial charge < -0.3 is 15.2 Å². The van der Waals surface area contributed by atoms with Crippen LogP contribution in [0.5, 0.6) is 5.75 Å². The Morgan fingerprint density at radius 2 is 1.71 bits per heavy atom. The van der Waals surface area contributed by atoms with Crippen LogP contribution in [0.3, 0.4) is 0 Å². The Morgan fingerprint density at radius 1 is 1.05 bits per heavy atom. The molecular formula is C16H17Cl2NO2. The van der Waals surface area contributed by atoms with Crippen molar-refractivity contribution in [3.8, 4) is 5.75 Å². The summed E-state index contributed by atoms with van der Waals surface area (Å²) in [5, 5.41) is 13.7. The number of hydrogen-bond donors (Lipinski definition) is 2. The SMILES string of the molecule is COc1c(Cl)cc(Cl)cc1CNCc1ccccc1CO. The first kappa shape index (κ1) is 16.1. The molecule has 0 heterocycles. The van der Waals surface area contributed by atoms with Crippen LogP contribution in [0.4, 0.5) is 0 Å². The predicted octanol–water partition coefficient (Wildman–Crippen LogP) is 3.78. The molecular weight excluding hydrogens is 309 g/mol. The molecule has 0 bridgehead atoms. The van der Waals surface area contributed by atoms with Crippen molar-refractivity contribution in [1.29, 1.82) is 0 Å². The number of ether oxygens (including phenoxy) is 1. The van der Waals surface area contributed by atoms with Crippen molar-refractivity contribution in [2.75, 3.05) is 7.11 Å². The zero-order valence-corrected chi connectivity index (χ0v) is 13.2. The van der Waals surface area contributed by atoms with Gasteiger partial charge in [-0.15, -0.1) is 0 Å². The van der Waals surface area contributed by atoms with E-state index in [9.17, 15) is 5.11 Å². The Labute approximate surface area is 134 Å². The van der Waals surface area contributed by atoms with Crippen LogP contribution in [0.25, 0.3) is 0 Å². The molecule has 0 amide bonds. The summed E-state index contributed by atoms with van der Waals surface area (Å²) >= 11 is 12.1. The molecule has 2 aromatic rings. The summed E-state index contributed by atoms with van der Waals surface area (Å²) in [6.07, 6.45) is 0. The number of halogens is 2. The van der Waals surface area contributed by atoms with E-state index in [4.69, 9.17) is 27.9 Å². The summed E-state index contributed by atoms with van der Waals surface area (Å²) in [4.78, 5) is 0. The quantitative estimate of drug-likeness (QED) is 0.849. The van der Waals surface area contributed by atoms with E-state index < -0.39 is 0 Å². The average molecular weight is 326 g/mol. The predicted molar refractivity (Wildman–Crippen MR) is 85.9 cm³/mol. The lowest BCUT2D eigenvalue weighted by Crippen LogP contribution is -2.14. The van der Waals surface area contributed by atoms with Crippen molar-refractivity contribution in [1.82, 2.24) is 5.32 Å². The van der Waals surface area contributed by atoms with Gasteiger partial charge in [0.15, 0.2) is 0 Å². The topological polar surface area (TPSA) is 41.5 Å². The van der Waals surface area contributed by atoms with E-state index in [1.165, 1.54) is 0 Å². The molecule has 0 unspecified atom stereocenters. The molecule has 2 N–H and O–H groups in total. The Bertz CT molecular complexity index is 617. The largest absolute Gasteiger partial charge is 0.495 e. The third kappa shape index (κ3) is 4.11. The van der Waals surface area contributed by atoms with Gasteiger partial charge in [-0.05, 0) is 23.3 Å². The van der Waals surface area contributed by atoms with Gasteiger partial charge in [-0.2, -0.15) is 0 Å². The summed E-state index contributed by atoms with van der Waals surface area (Å²) in [6, 6.07) is 11.3. The molecule has 112 valence electrons. The van der Waals surface area contributed by atoms with Gasteiger partial charge in [0.25, 0.3) is 0 Å². The van der Waals surface area contributed by atoms with Crippen LogP contribution in [0.1, 0.15) is 16.7 Å². The van der Waals surface area contributed by atoms with E-state index in [1.807, 2.05) is 30.3 Å². The van der Waals surface area contributed by atoms with Gasteiger partial charge in [0, 0.05) is 23.7 Å². The molecule has 0 fully saturated rings. The van der Waals surface area contributed by atoms with Crippen LogP contribution in [0.2, 0.25) is 10.0 Å². The first-order valence-corrected chi connectivity index (χ1v) is 7.31. The van der Waals surface area contributed by atoms with E-state index in [1.54, 1.807) is 13.2 Å². The number of methoxy groups -OCH3 is 1. The molecule has 0 aliphatic heterocycles. The van der Waals surface area contributed by atoms with Crippen molar-refractivity contribution in [3.63, 3.8) is 0 Å². The van der Waals surface area contributed by atoms with Gasteiger partial charge in [-0.25, -0.2) is 0 Å². The number of nitrogens with one attached hydrogen (secondary N) is 1. The summed E-state index contributed by atoms with van der Waals surface area (Å²) in [6.45, 7) is 1.25. The van der Waals surface area contributed by atoms with Crippen LogP contribution in [0, 0.1) is 0 Å². The Kier molecular flexibility index (Phi) is 5.88. The Hall–Kier alpha value is -1.26. The highest BCUT2D eigenvalue weighted by molar-refractivity contribution is 6.35. The zero-order chi connectivity index (χ0) is 15.2. The van der Waals surface area contributed by atoms with Crippen molar-refractivity contribution < 1.29 is 9.84 Å². The van der Waals surface area contributed by atoms with Crippen LogP contribution in [-0.2, 0) is 19.7 Å². The molecule has 0 radical (unpaired) electrons. The summed E-state index contributed by atoms with van der Waals surface area (Å²) in [5.74, 6) is 0.629. The molecule has 0 aromatic heterocycles. The fourth-order valence-corrected chi connectivity index (χ4v) is 2.80. The number of aliphatic hydroxyl groups excluding tert-OH is 1. The van der Waals surface area contributed by atoms with Crippen LogP contribution in [-0.4, -0.2) is 12.2 Å². The van der Waals surface area contributed by atoms with E-state index in [0.717, 1.165) is 16.7 Å². The lowest BCUT2D eigenvalue weighted by Gasteiger charge is -2.13. The highest BCUT2D eigenvalue weighted by Gasteiger charge is 2.09. The van der Waals surface area contributed by atoms with E-state index in [-0.39, 0.29) is 6.61 Å². The van der Waals surface area contributed by atoms with Crippen LogP contribution >= 0.6 is 23.2 Å². The second-order valence-corrected chi connectivity index (χ2v) is 5.45. The molecule has 0 saturated carbocycles.